The number of nitriles is 1. The van der Waals surface area contributed by atoms with Crippen LogP contribution in [-0.4, -0.2) is 17.9 Å². The predicted octanol–water partition coefficient (Wildman–Crippen LogP) is 3.50. The van der Waals surface area contributed by atoms with Crippen molar-refractivity contribution in [3.05, 3.63) is 26.1 Å². The Labute approximate surface area is 130 Å². The van der Waals surface area contributed by atoms with Gasteiger partial charge in [0.1, 0.15) is 16.7 Å². The van der Waals surface area contributed by atoms with Crippen LogP contribution in [0.3, 0.4) is 0 Å². The fourth-order valence-corrected chi connectivity index (χ4v) is 3.93. The van der Waals surface area contributed by atoms with Gasteiger partial charge in [-0.1, -0.05) is 13.8 Å². The molecule has 2 rings (SSSR count). The van der Waals surface area contributed by atoms with Gasteiger partial charge in [-0.3, -0.25) is 4.79 Å². The quantitative estimate of drug-likeness (QED) is 0.815. The van der Waals surface area contributed by atoms with E-state index in [1.165, 1.54) is 11.3 Å². The van der Waals surface area contributed by atoms with Gasteiger partial charge in [-0.15, -0.1) is 11.3 Å². The predicted molar refractivity (Wildman–Crippen MR) is 80.3 cm³/mol. The lowest BCUT2D eigenvalue weighted by Crippen LogP contribution is -2.42. The molecule has 1 aromatic heterocycles. The molecule has 6 heteroatoms. The minimum atomic E-state index is -0.816. The first-order valence-corrected chi connectivity index (χ1v) is 7.73. The van der Waals surface area contributed by atoms with Crippen LogP contribution in [0, 0.1) is 23.7 Å². The minimum Gasteiger partial charge on any atom is -0.367 e. The molecule has 1 unspecified atom stereocenters. The number of allylic oxidation sites excluding steroid dienone is 1. The van der Waals surface area contributed by atoms with Gasteiger partial charge in [-0.05, 0) is 35.4 Å². The van der Waals surface area contributed by atoms with Crippen LogP contribution in [0.1, 0.15) is 31.0 Å². The van der Waals surface area contributed by atoms with Gasteiger partial charge in [0, 0.05) is 12.5 Å². The number of nitrogens with zero attached hydrogens (tertiary/aromatic N) is 2. The number of halogens is 1. The third-order valence-corrected chi connectivity index (χ3v) is 5.69. The molecule has 4 nitrogen and oxygen atoms in total. The van der Waals surface area contributed by atoms with Gasteiger partial charge in [0.25, 0.3) is 0 Å². The van der Waals surface area contributed by atoms with Gasteiger partial charge in [0.05, 0.1) is 15.1 Å². The zero-order valence-electron chi connectivity index (χ0n) is 11.8. The maximum absolute atomic E-state index is 12.2. The third-order valence-electron chi connectivity index (χ3n) is 3.53. The molecule has 0 aromatic carbocycles. The molecule has 0 radical (unpaired) electrons. The summed E-state index contributed by atoms with van der Waals surface area (Å²) in [6.45, 7) is 5.58. The summed E-state index contributed by atoms with van der Waals surface area (Å²) in [6, 6.07) is 1.99. The largest absolute Gasteiger partial charge is 0.367 e. The van der Waals surface area contributed by atoms with E-state index in [0.29, 0.717) is 6.42 Å². The number of aryl methyl sites for hydroxylation is 1. The highest BCUT2D eigenvalue weighted by Gasteiger charge is 2.48. The molecule has 0 saturated heterocycles. The van der Waals surface area contributed by atoms with Gasteiger partial charge in [-0.25, -0.2) is 4.98 Å². The summed E-state index contributed by atoms with van der Waals surface area (Å²) < 4.78 is 6.63. The van der Waals surface area contributed by atoms with Crippen LogP contribution in [-0.2, 0) is 15.1 Å². The molecule has 0 bridgehead atoms. The lowest BCUT2D eigenvalue weighted by Gasteiger charge is -2.38. The topological polar surface area (TPSA) is 63.0 Å². The summed E-state index contributed by atoms with van der Waals surface area (Å²) in [6.07, 6.45) is 2.09. The van der Waals surface area contributed by atoms with Crippen molar-refractivity contribution >= 4 is 33.0 Å². The zero-order valence-corrected chi connectivity index (χ0v) is 14.2. The molecule has 1 aliphatic carbocycles. The number of hydrogen-bond donors (Lipinski definition) is 0. The van der Waals surface area contributed by atoms with Crippen LogP contribution in [0.5, 0.6) is 0 Å². The van der Waals surface area contributed by atoms with Crippen molar-refractivity contribution < 1.29 is 9.53 Å². The molecule has 1 atom stereocenters. The lowest BCUT2D eigenvalue weighted by molar-refractivity contribution is -0.128. The van der Waals surface area contributed by atoms with E-state index in [2.05, 4.69) is 20.9 Å². The Kier molecular flexibility index (Phi) is 3.89. The van der Waals surface area contributed by atoms with Crippen molar-refractivity contribution in [3.8, 4) is 6.07 Å². The fourth-order valence-electron chi connectivity index (χ4n) is 2.45. The van der Waals surface area contributed by atoms with E-state index in [1.807, 2.05) is 26.8 Å². The van der Waals surface area contributed by atoms with E-state index in [0.717, 1.165) is 14.5 Å². The Bertz CT molecular complexity index is 623. The summed E-state index contributed by atoms with van der Waals surface area (Å²) in [5, 5.41) is 9.97. The summed E-state index contributed by atoms with van der Waals surface area (Å²) in [7, 11) is 1.59. The number of carbonyl (C=O) groups is 1. The molecule has 0 amide bonds. The number of hydrogen-bond acceptors (Lipinski definition) is 5. The number of Topliss-reactive ketones (excluding diaryl/α,β-unsaturated/α-hetero) is 1. The van der Waals surface area contributed by atoms with Gasteiger partial charge >= 0.3 is 0 Å². The second-order valence-electron chi connectivity index (χ2n) is 5.53. The zero-order chi connectivity index (χ0) is 15.1. The van der Waals surface area contributed by atoms with Crippen LogP contribution in [0.4, 0.5) is 0 Å². The summed E-state index contributed by atoms with van der Waals surface area (Å²) in [5.41, 5.74) is -0.443. The molecule has 0 aliphatic heterocycles. The van der Waals surface area contributed by atoms with Gasteiger partial charge in [0.15, 0.2) is 5.78 Å². The minimum absolute atomic E-state index is 0.139. The van der Waals surface area contributed by atoms with Crippen molar-refractivity contribution in [1.29, 1.82) is 5.26 Å². The van der Waals surface area contributed by atoms with E-state index in [9.17, 15) is 10.1 Å². The molecule has 106 valence electrons. The van der Waals surface area contributed by atoms with E-state index in [-0.39, 0.29) is 11.4 Å². The summed E-state index contributed by atoms with van der Waals surface area (Å²) >= 11 is 4.93. The molecule has 20 heavy (non-hydrogen) atoms. The Morgan fingerprint density at radius 2 is 2.20 bits per heavy atom. The van der Waals surface area contributed by atoms with E-state index in [4.69, 9.17) is 4.74 Å². The molecule has 0 saturated carbocycles. The molecule has 1 heterocycles. The van der Waals surface area contributed by atoms with Gasteiger partial charge in [0.2, 0.25) is 0 Å². The first-order valence-electron chi connectivity index (χ1n) is 6.12. The number of thiazole rings is 1. The molecule has 1 aromatic rings. The Hall–Kier alpha value is -1.03. The van der Waals surface area contributed by atoms with Gasteiger partial charge < -0.3 is 4.74 Å². The number of carbonyl (C=O) groups excluding carboxylic acids is 1. The Balaban J connectivity index is 2.64. The molecule has 1 aliphatic rings. The average Bonchev–Trinajstić information content (AvgIpc) is 2.73. The number of rotatable bonds is 2. The number of ketones is 1. The Morgan fingerprint density at radius 3 is 2.65 bits per heavy atom. The normalized spacial score (nSPS) is 25.2. The Morgan fingerprint density at radius 1 is 1.55 bits per heavy atom. The third kappa shape index (κ3) is 2.34. The van der Waals surface area contributed by atoms with Crippen LogP contribution >= 0.6 is 27.3 Å². The number of methoxy groups -OCH3 is 1. The second-order valence-corrected chi connectivity index (χ2v) is 7.85. The number of aromatic nitrogens is 1. The van der Waals surface area contributed by atoms with Gasteiger partial charge in [-0.2, -0.15) is 5.26 Å². The van der Waals surface area contributed by atoms with Crippen molar-refractivity contribution in [2.45, 2.75) is 32.8 Å². The maximum Gasteiger partial charge on any atom is 0.178 e. The van der Waals surface area contributed by atoms with Crippen LogP contribution in [0.15, 0.2) is 15.4 Å². The van der Waals surface area contributed by atoms with E-state index >= 15 is 0 Å². The SMILES string of the molecule is COC1(c2nc(C)c(Br)s2)C=C(C#N)C(=O)C(C)(C)C1. The van der Waals surface area contributed by atoms with Crippen LogP contribution in [0.25, 0.3) is 0 Å². The smallest absolute Gasteiger partial charge is 0.178 e. The first-order chi connectivity index (χ1) is 9.25. The number of ether oxygens (including phenoxy) is 1. The highest BCUT2D eigenvalue weighted by atomic mass is 79.9. The standard InChI is InChI=1S/C14H15BrN2O2S/c1-8-11(15)20-12(17-8)14(19-4)5-9(6-16)10(18)13(2,3)7-14/h5H,7H2,1-4H3. The molecule has 0 fully saturated rings. The van der Waals surface area contributed by atoms with Crippen LogP contribution in [0.2, 0.25) is 0 Å². The van der Waals surface area contributed by atoms with Crippen molar-refractivity contribution in [2.75, 3.05) is 7.11 Å². The molecular formula is C14H15BrN2O2S. The summed E-state index contributed by atoms with van der Waals surface area (Å²) in [5.74, 6) is -0.139. The molecule has 0 N–H and O–H groups in total. The van der Waals surface area contributed by atoms with E-state index < -0.39 is 11.0 Å². The van der Waals surface area contributed by atoms with Crippen molar-refractivity contribution in [3.63, 3.8) is 0 Å². The molecular weight excluding hydrogens is 340 g/mol. The summed E-state index contributed by atoms with van der Waals surface area (Å²) in [4.78, 5) is 16.7. The monoisotopic (exact) mass is 354 g/mol. The average molecular weight is 355 g/mol. The van der Waals surface area contributed by atoms with Crippen LogP contribution < -0.4 is 0 Å². The fraction of sp³-hybridized carbons (Fsp3) is 0.500. The first kappa shape index (κ1) is 15.4. The van der Waals surface area contributed by atoms with E-state index in [1.54, 1.807) is 13.2 Å². The highest BCUT2D eigenvalue weighted by molar-refractivity contribution is 9.11. The van der Waals surface area contributed by atoms with Crippen molar-refractivity contribution in [2.24, 2.45) is 5.41 Å². The maximum atomic E-state index is 12.2. The lowest BCUT2D eigenvalue weighted by atomic mass is 9.70. The second kappa shape index (κ2) is 5.06. The molecule has 0 spiro atoms. The van der Waals surface area contributed by atoms with Crippen molar-refractivity contribution in [1.82, 2.24) is 4.98 Å². The highest BCUT2D eigenvalue weighted by Crippen LogP contribution is 2.47.